The van der Waals surface area contributed by atoms with Crippen LogP contribution in [0.3, 0.4) is 0 Å². The second kappa shape index (κ2) is 7.30. The van der Waals surface area contributed by atoms with Crippen molar-refractivity contribution in [1.29, 1.82) is 0 Å². The Balaban J connectivity index is 2.13. The summed E-state index contributed by atoms with van der Waals surface area (Å²) in [6.07, 6.45) is 0. The molecular weight excluding hydrogens is 318 g/mol. The van der Waals surface area contributed by atoms with Crippen molar-refractivity contribution in [3.8, 4) is 0 Å². The molecule has 0 unspecified atom stereocenters. The van der Waals surface area contributed by atoms with Crippen molar-refractivity contribution in [2.45, 2.75) is 19.3 Å². The fourth-order valence-corrected chi connectivity index (χ4v) is 3.10. The zero-order valence-electron chi connectivity index (χ0n) is 12.8. The summed E-state index contributed by atoms with van der Waals surface area (Å²) in [6.45, 7) is 2.02. The van der Waals surface area contributed by atoms with E-state index in [2.05, 4.69) is 10.2 Å². The monoisotopic (exact) mass is 335 g/mol. The number of methoxy groups -OCH3 is 1. The summed E-state index contributed by atoms with van der Waals surface area (Å²) < 4.78 is 31.4. The summed E-state index contributed by atoms with van der Waals surface area (Å²) in [5.41, 5.74) is 1.91. The van der Waals surface area contributed by atoms with Gasteiger partial charge in [-0.15, -0.1) is 5.10 Å². The Kier molecular flexibility index (Phi) is 5.41. The Hall–Kier alpha value is -2.32. The number of hydrogen-bond donors (Lipinski definition) is 1. The minimum absolute atomic E-state index is 0.0515. The molecule has 0 saturated carbocycles. The molecule has 0 aliphatic heterocycles. The van der Waals surface area contributed by atoms with Gasteiger partial charge in [0.15, 0.2) is 5.69 Å². The number of aromatic nitrogens is 2. The maximum absolute atomic E-state index is 12.2. The average Bonchev–Trinajstić information content (AvgIpc) is 2.49. The first kappa shape index (κ1) is 17.0. The molecule has 122 valence electrons. The molecule has 0 saturated heterocycles. The third-order valence-corrected chi connectivity index (χ3v) is 4.23. The van der Waals surface area contributed by atoms with Crippen LogP contribution >= 0.6 is 0 Å². The summed E-state index contributed by atoms with van der Waals surface area (Å²) in [4.78, 5) is 12.0. The molecule has 0 spiro atoms. The number of hydrogen-bond acceptors (Lipinski definition) is 6. The first-order valence-corrected chi connectivity index (χ1v) is 8.47. The predicted molar refractivity (Wildman–Crippen MR) is 84.0 cm³/mol. The van der Waals surface area contributed by atoms with Crippen LogP contribution in [-0.4, -0.2) is 31.6 Å². The van der Waals surface area contributed by atoms with Gasteiger partial charge in [0.1, 0.15) is 0 Å². The average molecular weight is 335 g/mol. The van der Waals surface area contributed by atoms with Crippen LogP contribution in [0.15, 0.2) is 36.4 Å². The number of aryl methyl sites for hydroxylation is 1. The molecule has 8 heteroatoms. The van der Waals surface area contributed by atoms with Gasteiger partial charge < -0.3 is 4.74 Å². The topological polar surface area (TPSA) is 98.2 Å². The molecule has 0 atom stereocenters. The van der Waals surface area contributed by atoms with Gasteiger partial charge in [0.05, 0.1) is 18.1 Å². The van der Waals surface area contributed by atoms with E-state index in [1.165, 1.54) is 13.2 Å². The Morgan fingerprint density at radius 2 is 1.83 bits per heavy atom. The van der Waals surface area contributed by atoms with Crippen molar-refractivity contribution in [2.24, 2.45) is 0 Å². The van der Waals surface area contributed by atoms with Crippen LogP contribution in [0.2, 0.25) is 0 Å². The van der Waals surface area contributed by atoms with E-state index in [0.29, 0.717) is 17.9 Å². The number of nitrogens with one attached hydrogen (secondary N) is 1. The minimum Gasteiger partial charge on any atom is -0.380 e. The molecule has 7 nitrogen and oxygen atoms in total. The number of amides is 1. The maximum Gasteiger partial charge on any atom is 0.285 e. The van der Waals surface area contributed by atoms with E-state index in [-0.39, 0.29) is 11.4 Å². The summed E-state index contributed by atoms with van der Waals surface area (Å²) in [5.74, 6) is -1.13. The molecule has 1 aromatic carbocycles. The molecular formula is C15H17N3O4S. The van der Waals surface area contributed by atoms with Crippen LogP contribution < -0.4 is 4.72 Å². The molecule has 0 aliphatic rings. The van der Waals surface area contributed by atoms with Crippen LogP contribution in [-0.2, 0) is 27.1 Å². The Morgan fingerprint density at radius 1 is 1.13 bits per heavy atom. The van der Waals surface area contributed by atoms with Gasteiger partial charge in [0.2, 0.25) is 10.0 Å². The number of carbonyl (C=O) groups excluding carboxylic acids is 1. The van der Waals surface area contributed by atoms with Crippen molar-refractivity contribution in [1.82, 2.24) is 14.9 Å². The molecule has 1 N–H and O–H groups in total. The zero-order valence-corrected chi connectivity index (χ0v) is 13.6. The van der Waals surface area contributed by atoms with Gasteiger partial charge in [-0.05, 0) is 30.2 Å². The highest BCUT2D eigenvalue weighted by Crippen LogP contribution is 2.13. The van der Waals surface area contributed by atoms with E-state index in [1.54, 1.807) is 37.3 Å². The third kappa shape index (κ3) is 4.83. The lowest BCUT2D eigenvalue weighted by Crippen LogP contribution is -2.32. The highest BCUT2D eigenvalue weighted by atomic mass is 32.2. The lowest BCUT2D eigenvalue weighted by Gasteiger charge is -2.10. The fourth-order valence-electron chi connectivity index (χ4n) is 1.95. The third-order valence-electron chi connectivity index (χ3n) is 3.04. The van der Waals surface area contributed by atoms with E-state index in [0.717, 1.165) is 5.56 Å². The molecule has 1 heterocycles. The predicted octanol–water partition coefficient (Wildman–Crippen LogP) is 1.19. The number of carbonyl (C=O) groups is 1. The van der Waals surface area contributed by atoms with Gasteiger partial charge in [-0.25, -0.2) is 13.1 Å². The van der Waals surface area contributed by atoms with Gasteiger partial charge in [0.25, 0.3) is 5.91 Å². The lowest BCUT2D eigenvalue weighted by atomic mass is 10.1. The van der Waals surface area contributed by atoms with E-state index in [1.807, 2.05) is 4.72 Å². The Bertz CT molecular complexity index is 789. The van der Waals surface area contributed by atoms with E-state index >= 15 is 0 Å². The molecule has 2 rings (SSSR count). The van der Waals surface area contributed by atoms with Crippen molar-refractivity contribution in [3.05, 3.63) is 58.9 Å². The number of nitrogens with zero attached hydrogens (tertiary/aromatic N) is 2. The zero-order chi connectivity index (χ0) is 16.9. The first-order valence-electron chi connectivity index (χ1n) is 6.82. The molecule has 2 aromatic rings. The first-order chi connectivity index (χ1) is 10.9. The SMILES string of the molecule is COCc1ccccc1CS(=O)(=O)NC(=O)c1ccc(C)nn1. The molecule has 0 fully saturated rings. The Labute approximate surface area is 134 Å². The van der Waals surface area contributed by atoms with Crippen molar-refractivity contribution >= 4 is 15.9 Å². The highest BCUT2D eigenvalue weighted by Gasteiger charge is 2.19. The smallest absolute Gasteiger partial charge is 0.285 e. The van der Waals surface area contributed by atoms with E-state index in [9.17, 15) is 13.2 Å². The molecule has 0 bridgehead atoms. The second-order valence-corrected chi connectivity index (χ2v) is 6.67. The summed E-state index contributed by atoms with van der Waals surface area (Å²) in [7, 11) is -2.32. The second-order valence-electron chi connectivity index (χ2n) is 4.95. The standard InChI is InChI=1S/C15H17N3O4S/c1-11-7-8-14(17-16-11)15(19)18-23(20,21)10-13-6-4-3-5-12(13)9-22-2/h3-8H,9-10H2,1-2H3,(H,18,19). The van der Waals surface area contributed by atoms with Gasteiger partial charge in [-0.2, -0.15) is 5.10 Å². The van der Waals surface area contributed by atoms with Crippen LogP contribution in [0, 0.1) is 6.92 Å². The minimum atomic E-state index is -3.86. The number of ether oxygens (including phenoxy) is 1. The lowest BCUT2D eigenvalue weighted by molar-refractivity contribution is 0.0975. The summed E-state index contributed by atoms with van der Waals surface area (Å²) in [5, 5.41) is 7.40. The molecule has 0 radical (unpaired) electrons. The van der Waals surface area contributed by atoms with Crippen LogP contribution in [0.1, 0.15) is 27.3 Å². The molecule has 1 aromatic heterocycles. The molecule has 0 aliphatic carbocycles. The summed E-state index contributed by atoms with van der Waals surface area (Å²) >= 11 is 0. The number of sulfonamides is 1. The largest absolute Gasteiger partial charge is 0.380 e. The number of benzene rings is 1. The molecule has 23 heavy (non-hydrogen) atoms. The highest BCUT2D eigenvalue weighted by molar-refractivity contribution is 7.89. The van der Waals surface area contributed by atoms with Crippen molar-refractivity contribution in [3.63, 3.8) is 0 Å². The van der Waals surface area contributed by atoms with Gasteiger partial charge >= 0.3 is 0 Å². The van der Waals surface area contributed by atoms with Gasteiger partial charge in [-0.1, -0.05) is 24.3 Å². The van der Waals surface area contributed by atoms with Gasteiger partial charge in [0, 0.05) is 7.11 Å². The molecule has 1 amide bonds. The van der Waals surface area contributed by atoms with Crippen molar-refractivity contribution < 1.29 is 17.9 Å². The normalized spacial score (nSPS) is 11.2. The van der Waals surface area contributed by atoms with Crippen LogP contribution in [0.25, 0.3) is 0 Å². The van der Waals surface area contributed by atoms with Crippen molar-refractivity contribution in [2.75, 3.05) is 7.11 Å². The van der Waals surface area contributed by atoms with Gasteiger partial charge in [-0.3, -0.25) is 4.79 Å². The van der Waals surface area contributed by atoms with Crippen LogP contribution in [0.5, 0.6) is 0 Å². The van der Waals surface area contributed by atoms with E-state index < -0.39 is 15.9 Å². The number of rotatable bonds is 6. The van der Waals surface area contributed by atoms with E-state index in [4.69, 9.17) is 4.74 Å². The summed E-state index contributed by atoms with van der Waals surface area (Å²) in [6, 6.07) is 10.0. The van der Waals surface area contributed by atoms with Crippen LogP contribution in [0.4, 0.5) is 0 Å². The quantitative estimate of drug-likeness (QED) is 0.851. The maximum atomic E-state index is 12.2. The Morgan fingerprint density at radius 3 is 2.43 bits per heavy atom. The fraction of sp³-hybridized carbons (Fsp3) is 0.267.